The van der Waals surface area contributed by atoms with Crippen molar-refractivity contribution < 1.29 is 4.79 Å². The van der Waals surface area contributed by atoms with Gasteiger partial charge in [0, 0.05) is 24.7 Å². The number of benzene rings is 1. The average molecular weight is 298 g/mol. The lowest BCUT2D eigenvalue weighted by molar-refractivity contribution is 0.0655. The van der Waals surface area contributed by atoms with E-state index in [0.29, 0.717) is 11.6 Å². The van der Waals surface area contributed by atoms with E-state index < -0.39 is 0 Å². The summed E-state index contributed by atoms with van der Waals surface area (Å²) in [6.45, 7) is 3.54. The highest BCUT2D eigenvalue weighted by Crippen LogP contribution is 2.22. The van der Waals surface area contributed by atoms with Gasteiger partial charge in [0.2, 0.25) is 0 Å². The van der Waals surface area contributed by atoms with Crippen LogP contribution in [0.25, 0.3) is 11.3 Å². The zero-order valence-electron chi connectivity index (χ0n) is 12.8. The Balaban J connectivity index is 1.74. The van der Waals surface area contributed by atoms with Gasteiger partial charge in [0.05, 0.1) is 5.69 Å². The van der Waals surface area contributed by atoms with E-state index in [1.165, 1.54) is 0 Å². The summed E-state index contributed by atoms with van der Waals surface area (Å²) in [5.41, 5.74) is 8.34. The molecule has 1 aromatic carbocycles. The van der Waals surface area contributed by atoms with E-state index in [1.807, 2.05) is 48.2 Å². The molecule has 1 aliphatic rings. The van der Waals surface area contributed by atoms with Crippen LogP contribution in [-0.2, 0) is 0 Å². The van der Waals surface area contributed by atoms with Crippen LogP contribution in [0.1, 0.15) is 30.3 Å². The number of piperidine rings is 1. The molecule has 1 saturated heterocycles. The number of carbonyl (C=O) groups is 1. The Labute approximate surface area is 130 Å². The summed E-state index contributed by atoms with van der Waals surface area (Å²) in [4.78, 5) is 14.5. The second-order valence-electron chi connectivity index (χ2n) is 6.05. The van der Waals surface area contributed by atoms with Crippen molar-refractivity contribution >= 4 is 5.91 Å². The number of hydrogen-bond acceptors (Lipinski definition) is 3. The number of likely N-dealkylation sites (tertiary alicyclic amines) is 1. The molecule has 5 nitrogen and oxygen atoms in total. The van der Waals surface area contributed by atoms with E-state index in [4.69, 9.17) is 5.73 Å². The van der Waals surface area contributed by atoms with Crippen molar-refractivity contribution in [3.8, 4) is 11.3 Å². The molecular weight excluding hydrogens is 276 g/mol. The lowest BCUT2D eigenvalue weighted by Gasteiger charge is -2.34. The van der Waals surface area contributed by atoms with E-state index in [9.17, 15) is 4.79 Å². The Morgan fingerprint density at radius 3 is 2.91 bits per heavy atom. The number of aromatic nitrogens is 2. The Bertz CT molecular complexity index is 635. The van der Waals surface area contributed by atoms with Gasteiger partial charge in [-0.25, -0.2) is 0 Å². The second kappa shape index (κ2) is 6.32. The molecule has 0 bridgehead atoms. The minimum absolute atomic E-state index is 0.0139. The van der Waals surface area contributed by atoms with Crippen LogP contribution < -0.4 is 5.73 Å². The first kappa shape index (κ1) is 14.8. The first-order valence-corrected chi connectivity index (χ1v) is 7.81. The SMILES string of the molecule is CC(N)C1CCCN(C(=O)c2cc(-c3ccccc3)n[nH]2)C1. The number of nitrogens with one attached hydrogen (secondary N) is 1. The van der Waals surface area contributed by atoms with E-state index >= 15 is 0 Å². The van der Waals surface area contributed by atoms with E-state index in [1.54, 1.807) is 0 Å². The molecule has 0 spiro atoms. The Kier molecular flexibility index (Phi) is 4.24. The van der Waals surface area contributed by atoms with Crippen molar-refractivity contribution in [3.63, 3.8) is 0 Å². The molecule has 2 unspecified atom stereocenters. The van der Waals surface area contributed by atoms with Crippen LogP contribution in [0.5, 0.6) is 0 Å². The fourth-order valence-corrected chi connectivity index (χ4v) is 2.98. The van der Waals surface area contributed by atoms with Gasteiger partial charge in [0.15, 0.2) is 0 Å². The van der Waals surface area contributed by atoms with Crippen molar-refractivity contribution in [1.82, 2.24) is 15.1 Å². The fraction of sp³-hybridized carbons (Fsp3) is 0.412. The number of hydrogen-bond donors (Lipinski definition) is 2. The summed E-state index contributed by atoms with van der Waals surface area (Å²) < 4.78 is 0. The van der Waals surface area contributed by atoms with Gasteiger partial charge in [-0.3, -0.25) is 9.89 Å². The zero-order chi connectivity index (χ0) is 15.5. The van der Waals surface area contributed by atoms with E-state index in [2.05, 4.69) is 10.2 Å². The lowest BCUT2D eigenvalue weighted by Crippen LogP contribution is -2.45. The maximum atomic E-state index is 12.6. The molecule has 2 heterocycles. The number of aromatic amines is 1. The topological polar surface area (TPSA) is 75.0 Å². The van der Waals surface area contributed by atoms with Crippen LogP contribution in [0, 0.1) is 5.92 Å². The molecule has 116 valence electrons. The summed E-state index contributed by atoms with van der Waals surface area (Å²) in [6.07, 6.45) is 2.11. The number of carbonyl (C=O) groups excluding carboxylic acids is 1. The van der Waals surface area contributed by atoms with Gasteiger partial charge in [-0.2, -0.15) is 5.10 Å². The van der Waals surface area contributed by atoms with Gasteiger partial charge < -0.3 is 10.6 Å². The lowest BCUT2D eigenvalue weighted by atomic mass is 9.92. The van der Waals surface area contributed by atoms with Crippen LogP contribution in [-0.4, -0.2) is 40.1 Å². The predicted octanol–water partition coefficient (Wildman–Crippen LogP) is 2.28. The minimum atomic E-state index is 0.0139. The van der Waals surface area contributed by atoms with Gasteiger partial charge >= 0.3 is 0 Å². The molecule has 5 heteroatoms. The maximum absolute atomic E-state index is 12.6. The zero-order valence-corrected chi connectivity index (χ0v) is 12.8. The number of nitrogens with two attached hydrogens (primary N) is 1. The smallest absolute Gasteiger partial charge is 0.271 e. The minimum Gasteiger partial charge on any atom is -0.337 e. The quantitative estimate of drug-likeness (QED) is 0.913. The summed E-state index contributed by atoms with van der Waals surface area (Å²) in [5.74, 6) is 0.397. The summed E-state index contributed by atoms with van der Waals surface area (Å²) in [5, 5.41) is 7.13. The highest BCUT2D eigenvalue weighted by atomic mass is 16.2. The normalized spacial score (nSPS) is 19.9. The Morgan fingerprint density at radius 2 is 2.18 bits per heavy atom. The van der Waals surface area contributed by atoms with Gasteiger partial charge in [-0.15, -0.1) is 0 Å². The molecule has 3 rings (SSSR count). The van der Waals surface area contributed by atoms with Gasteiger partial charge in [0.25, 0.3) is 5.91 Å². The van der Waals surface area contributed by atoms with Crippen molar-refractivity contribution in [2.24, 2.45) is 11.7 Å². The highest BCUT2D eigenvalue weighted by Gasteiger charge is 2.27. The van der Waals surface area contributed by atoms with Crippen LogP contribution in [0.4, 0.5) is 0 Å². The third-order valence-corrected chi connectivity index (χ3v) is 4.37. The van der Waals surface area contributed by atoms with Crippen molar-refractivity contribution in [2.75, 3.05) is 13.1 Å². The van der Waals surface area contributed by atoms with Crippen molar-refractivity contribution in [3.05, 3.63) is 42.1 Å². The molecular formula is C17H22N4O. The molecule has 22 heavy (non-hydrogen) atoms. The molecule has 0 radical (unpaired) electrons. The molecule has 1 amide bonds. The van der Waals surface area contributed by atoms with Crippen LogP contribution in [0.3, 0.4) is 0 Å². The molecule has 0 aliphatic carbocycles. The van der Waals surface area contributed by atoms with Crippen LogP contribution >= 0.6 is 0 Å². The van der Waals surface area contributed by atoms with Gasteiger partial charge in [0.1, 0.15) is 5.69 Å². The van der Waals surface area contributed by atoms with Crippen molar-refractivity contribution in [1.29, 1.82) is 0 Å². The highest BCUT2D eigenvalue weighted by molar-refractivity contribution is 5.93. The standard InChI is InChI=1S/C17H22N4O/c1-12(18)14-8-5-9-21(11-14)17(22)16-10-15(19-20-16)13-6-3-2-4-7-13/h2-4,6-7,10,12,14H,5,8-9,11,18H2,1H3,(H,19,20). The molecule has 2 atom stereocenters. The Morgan fingerprint density at radius 1 is 1.41 bits per heavy atom. The molecule has 2 aromatic rings. The fourth-order valence-electron chi connectivity index (χ4n) is 2.98. The molecule has 0 saturated carbocycles. The van der Waals surface area contributed by atoms with E-state index in [-0.39, 0.29) is 11.9 Å². The summed E-state index contributed by atoms with van der Waals surface area (Å²) >= 11 is 0. The average Bonchev–Trinajstić information content (AvgIpc) is 3.05. The van der Waals surface area contributed by atoms with E-state index in [0.717, 1.165) is 37.2 Å². The first-order chi connectivity index (χ1) is 10.6. The molecule has 1 fully saturated rings. The summed E-state index contributed by atoms with van der Waals surface area (Å²) in [6, 6.07) is 11.8. The largest absolute Gasteiger partial charge is 0.337 e. The number of nitrogens with zero attached hydrogens (tertiary/aromatic N) is 2. The monoisotopic (exact) mass is 298 g/mol. The van der Waals surface area contributed by atoms with Crippen LogP contribution in [0.15, 0.2) is 36.4 Å². The van der Waals surface area contributed by atoms with Gasteiger partial charge in [-0.1, -0.05) is 30.3 Å². The maximum Gasteiger partial charge on any atom is 0.271 e. The number of H-pyrrole nitrogens is 1. The molecule has 1 aromatic heterocycles. The number of amides is 1. The molecule has 1 aliphatic heterocycles. The molecule has 3 N–H and O–H groups in total. The third kappa shape index (κ3) is 3.04. The summed E-state index contributed by atoms with van der Waals surface area (Å²) in [7, 11) is 0. The third-order valence-electron chi connectivity index (χ3n) is 4.37. The number of rotatable bonds is 3. The Hall–Kier alpha value is -2.14. The predicted molar refractivity (Wildman–Crippen MR) is 86.3 cm³/mol. The first-order valence-electron chi connectivity index (χ1n) is 7.81. The second-order valence-corrected chi connectivity index (χ2v) is 6.05. The van der Waals surface area contributed by atoms with Crippen molar-refractivity contribution in [2.45, 2.75) is 25.8 Å². The van der Waals surface area contributed by atoms with Gasteiger partial charge in [-0.05, 0) is 31.7 Å². The van der Waals surface area contributed by atoms with Crippen LogP contribution in [0.2, 0.25) is 0 Å².